The highest BCUT2D eigenvalue weighted by molar-refractivity contribution is 7.47. The summed E-state index contributed by atoms with van der Waals surface area (Å²) in [4.78, 5) is 23.4. The molecule has 8 nitrogen and oxygen atoms in total. The number of unbranched alkanes of at least 4 members (excludes halogenated alkanes) is 45. The van der Waals surface area contributed by atoms with E-state index in [1.165, 1.54) is 270 Å². The van der Waals surface area contributed by atoms with Crippen molar-refractivity contribution < 1.29 is 32.9 Å². The SMILES string of the molecule is CCCCCCCCCC/C=C\CCCCCCCCCCCCCC(=O)NC(COP(=O)(O)OCC[N+](C)(C)C)C(O)CCCCCCCCCCCCCCCCCCCCCCCCCCCCC. The van der Waals surface area contributed by atoms with Crippen LogP contribution in [0.1, 0.15) is 335 Å². The average Bonchev–Trinajstić information content (AvgIpc) is 3.34. The molecule has 0 aliphatic rings. The lowest BCUT2D eigenvalue weighted by atomic mass is 10.0. The van der Waals surface area contributed by atoms with Crippen molar-refractivity contribution in [1.82, 2.24) is 5.32 Å². The van der Waals surface area contributed by atoms with Crippen molar-refractivity contribution in [3.63, 3.8) is 0 Å². The van der Waals surface area contributed by atoms with Gasteiger partial charge < -0.3 is 19.8 Å². The molecular weight excluding hydrogens is 912 g/mol. The van der Waals surface area contributed by atoms with Gasteiger partial charge in [-0.1, -0.05) is 302 Å². The van der Waals surface area contributed by atoms with E-state index in [2.05, 4.69) is 31.3 Å². The number of hydrogen-bond acceptors (Lipinski definition) is 5. The second-order valence-electron chi connectivity index (χ2n) is 23.5. The van der Waals surface area contributed by atoms with Gasteiger partial charge in [0.05, 0.1) is 39.9 Å². The van der Waals surface area contributed by atoms with Crippen molar-refractivity contribution in [2.24, 2.45) is 0 Å². The van der Waals surface area contributed by atoms with Gasteiger partial charge in [-0.15, -0.1) is 0 Å². The van der Waals surface area contributed by atoms with Crippen LogP contribution in [0, 0.1) is 0 Å². The van der Waals surface area contributed by atoms with E-state index in [0.717, 1.165) is 38.5 Å². The summed E-state index contributed by atoms with van der Waals surface area (Å²) in [5, 5.41) is 14.1. The van der Waals surface area contributed by atoms with Crippen LogP contribution >= 0.6 is 7.82 Å². The summed E-state index contributed by atoms with van der Waals surface area (Å²) >= 11 is 0. The molecule has 0 saturated heterocycles. The van der Waals surface area contributed by atoms with E-state index in [1.807, 2.05) is 21.1 Å². The Morgan fingerprint density at radius 1 is 0.458 bits per heavy atom. The molecule has 3 N–H and O–H groups in total. The van der Waals surface area contributed by atoms with E-state index in [0.29, 0.717) is 23.9 Å². The van der Waals surface area contributed by atoms with E-state index in [9.17, 15) is 19.4 Å². The van der Waals surface area contributed by atoms with Crippen LogP contribution in [-0.2, 0) is 18.4 Å². The van der Waals surface area contributed by atoms with Crippen LogP contribution in [0.5, 0.6) is 0 Å². The number of amides is 1. The molecule has 0 aliphatic heterocycles. The first-order valence-corrected chi connectivity index (χ1v) is 33.5. The third-order valence-corrected chi connectivity index (χ3v) is 16.0. The summed E-state index contributed by atoms with van der Waals surface area (Å²) in [7, 11) is 1.63. The topological polar surface area (TPSA) is 105 Å². The number of rotatable bonds is 60. The molecule has 3 unspecified atom stereocenters. The van der Waals surface area contributed by atoms with Gasteiger partial charge in [0.2, 0.25) is 5.91 Å². The Morgan fingerprint density at radius 3 is 1.07 bits per heavy atom. The molecule has 72 heavy (non-hydrogen) atoms. The second-order valence-corrected chi connectivity index (χ2v) is 25.0. The maximum atomic E-state index is 13.0. The predicted molar refractivity (Wildman–Crippen MR) is 314 cm³/mol. The number of carbonyl (C=O) groups excluding carboxylic acids is 1. The quantitative estimate of drug-likeness (QED) is 0.0243. The molecule has 0 spiro atoms. The molecule has 0 heterocycles. The zero-order chi connectivity index (χ0) is 52.7. The number of carbonyl (C=O) groups is 1. The van der Waals surface area contributed by atoms with Crippen molar-refractivity contribution in [1.29, 1.82) is 0 Å². The van der Waals surface area contributed by atoms with Crippen LogP contribution in [0.25, 0.3) is 0 Å². The smallest absolute Gasteiger partial charge is 0.391 e. The van der Waals surface area contributed by atoms with E-state index < -0.39 is 20.0 Å². The van der Waals surface area contributed by atoms with Crippen LogP contribution in [0.3, 0.4) is 0 Å². The summed E-state index contributed by atoms with van der Waals surface area (Å²) in [5.41, 5.74) is 0. The minimum atomic E-state index is -4.32. The van der Waals surface area contributed by atoms with Gasteiger partial charge in [0, 0.05) is 6.42 Å². The standard InChI is InChI=1S/C63H127N2O6P/c1-6-8-10-12-14-16-18-20-22-24-26-28-30-31-32-33-35-36-38-40-42-44-46-48-50-52-54-56-62(66)61(60-71-72(68,69)70-59-58-65(3,4)5)64-63(67)57-55-53-51-49-47-45-43-41-39-37-34-29-27-25-23-21-19-17-15-13-11-9-7-2/h25,27,61-62,66H,6-24,26,28-60H2,1-5H3,(H-,64,67,68,69)/p+1/b27-25-. The predicted octanol–water partition coefficient (Wildman–Crippen LogP) is 19.8. The summed E-state index contributed by atoms with van der Waals surface area (Å²) in [6, 6.07) is -0.759. The normalized spacial score (nSPS) is 13.8. The largest absolute Gasteiger partial charge is 0.472 e. The zero-order valence-corrected chi connectivity index (χ0v) is 50.1. The third kappa shape index (κ3) is 57.0. The highest BCUT2D eigenvalue weighted by Gasteiger charge is 2.28. The van der Waals surface area contributed by atoms with Gasteiger partial charge in [0.25, 0.3) is 0 Å². The number of phosphoric acid groups is 1. The lowest BCUT2D eigenvalue weighted by Gasteiger charge is -2.26. The number of nitrogens with one attached hydrogen (secondary N) is 1. The molecular formula is C63H128N2O6P+. The van der Waals surface area contributed by atoms with Gasteiger partial charge in [0.15, 0.2) is 0 Å². The maximum Gasteiger partial charge on any atom is 0.472 e. The van der Waals surface area contributed by atoms with Crippen molar-refractivity contribution in [3.8, 4) is 0 Å². The van der Waals surface area contributed by atoms with Crippen LogP contribution in [0.4, 0.5) is 0 Å². The second kappa shape index (κ2) is 55.0. The number of allylic oxidation sites excluding steroid dienone is 2. The van der Waals surface area contributed by atoms with E-state index in [1.54, 1.807) is 0 Å². The minimum Gasteiger partial charge on any atom is -0.391 e. The Bertz CT molecular complexity index is 1180. The van der Waals surface area contributed by atoms with Crippen molar-refractivity contribution in [3.05, 3.63) is 12.2 Å². The Kier molecular flexibility index (Phi) is 54.4. The van der Waals surface area contributed by atoms with Crippen LogP contribution in [0.15, 0.2) is 12.2 Å². The number of aliphatic hydroxyl groups excluding tert-OH is 1. The molecule has 0 aromatic rings. The Hall–Kier alpha value is -0.760. The van der Waals surface area contributed by atoms with Gasteiger partial charge in [-0.3, -0.25) is 13.8 Å². The lowest BCUT2D eigenvalue weighted by molar-refractivity contribution is -0.870. The van der Waals surface area contributed by atoms with Crippen LogP contribution < -0.4 is 5.32 Å². The molecule has 0 aliphatic carbocycles. The van der Waals surface area contributed by atoms with Gasteiger partial charge in [-0.05, 0) is 38.5 Å². The number of likely N-dealkylation sites (N-methyl/N-ethyl adjacent to an activating group) is 1. The lowest BCUT2D eigenvalue weighted by Crippen LogP contribution is -2.46. The van der Waals surface area contributed by atoms with Crippen molar-refractivity contribution >= 4 is 13.7 Å². The summed E-state index contributed by atoms with van der Waals surface area (Å²) in [5.74, 6) is -0.138. The fourth-order valence-electron chi connectivity index (χ4n) is 9.99. The molecule has 0 rings (SSSR count). The van der Waals surface area contributed by atoms with E-state index in [-0.39, 0.29) is 19.1 Å². The molecule has 3 atom stereocenters. The molecule has 1 amide bonds. The van der Waals surface area contributed by atoms with Crippen molar-refractivity contribution in [2.45, 2.75) is 347 Å². The highest BCUT2D eigenvalue weighted by atomic mass is 31.2. The van der Waals surface area contributed by atoms with Gasteiger partial charge >= 0.3 is 7.82 Å². The number of nitrogens with zero attached hydrogens (tertiary/aromatic N) is 1. The number of hydrogen-bond donors (Lipinski definition) is 3. The number of quaternary nitrogens is 1. The average molecular weight is 1040 g/mol. The summed E-state index contributed by atoms with van der Waals surface area (Å²) in [6.45, 7) is 4.95. The Balaban J connectivity index is 4.07. The molecule has 0 fully saturated rings. The molecule has 0 aromatic heterocycles. The highest BCUT2D eigenvalue weighted by Crippen LogP contribution is 2.43. The fraction of sp³-hybridized carbons (Fsp3) is 0.952. The summed E-state index contributed by atoms with van der Waals surface area (Å²) < 4.78 is 23.9. The third-order valence-electron chi connectivity index (χ3n) is 15.0. The fourth-order valence-corrected chi connectivity index (χ4v) is 10.7. The molecule has 0 radical (unpaired) electrons. The van der Waals surface area contributed by atoms with Crippen LogP contribution in [0.2, 0.25) is 0 Å². The number of phosphoric ester groups is 1. The molecule has 0 saturated carbocycles. The van der Waals surface area contributed by atoms with Crippen LogP contribution in [-0.4, -0.2) is 73.4 Å². The first-order chi connectivity index (χ1) is 35.0. The van der Waals surface area contributed by atoms with Gasteiger partial charge in [-0.2, -0.15) is 0 Å². The Morgan fingerprint density at radius 2 is 0.750 bits per heavy atom. The van der Waals surface area contributed by atoms with Crippen molar-refractivity contribution in [2.75, 3.05) is 40.9 Å². The van der Waals surface area contributed by atoms with E-state index >= 15 is 0 Å². The maximum absolute atomic E-state index is 13.0. The number of aliphatic hydroxyl groups is 1. The molecule has 0 aromatic carbocycles. The monoisotopic (exact) mass is 1040 g/mol. The van der Waals surface area contributed by atoms with Gasteiger partial charge in [-0.25, -0.2) is 4.57 Å². The summed E-state index contributed by atoms with van der Waals surface area (Å²) in [6.07, 6.45) is 68.6. The molecule has 0 bridgehead atoms. The van der Waals surface area contributed by atoms with E-state index in [4.69, 9.17) is 9.05 Å². The zero-order valence-electron chi connectivity index (χ0n) is 49.2. The molecule has 430 valence electrons. The Labute approximate surface area is 450 Å². The first kappa shape index (κ1) is 71.2. The van der Waals surface area contributed by atoms with Gasteiger partial charge in [0.1, 0.15) is 13.2 Å². The molecule has 9 heteroatoms. The minimum absolute atomic E-state index is 0.0774. The first-order valence-electron chi connectivity index (χ1n) is 32.1.